The van der Waals surface area contributed by atoms with Crippen LogP contribution in [0.5, 0.6) is 5.75 Å². The van der Waals surface area contributed by atoms with E-state index in [1.807, 2.05) is 12.1 Å². The summed E-state index contributed by atoms with van der Waals surface area (Å²) in [4.78, 5) is 2.37. The number of benzene rings is 1. The molecule has 0 spiro atoms. The van der Waals surface area contributed by atoms with Gasteiger partial charge in [0.05, 0.1) is 7.11 Å². The number of rotatable bonds is 6. The van der Waals surface area contributed by atoms with Crippen molar-refractivity contribution in [2.45, 2.75) is 19.8 Å². The van der Waals surface area contributed by atoms with Gasteiger partial charge < -0.3 is 9.64 Å². The smallest absolute Gasteiger partial charge is 0.118 e. The predicted molar refractivity (Wildman–Crippen MR) is 64.5 cm³/mol. The fraction of sp³-hybridized carbons (Fsp3) is 0.538. The van der Waals surface area contributed by atoms with Crippen LogP contribution in [0.25, 0.3) is 0 Å². The summed E-state index contributed by atoms with van der Waals surface area (Å²) in [5.41, 5.74) is 1.37. The van der Waals surface area contributed by atoms with Gasteiger partial charge in [-0.05, 0) is 44.1 Å². The van der Waals surface area contributed by atoms with Crippen molar-refractivity contribution >= 4 is 0 Å². The van der Waals surface area contributed by atoms with Crippen LogP contribution in [0.2, 0.25) is 0 Å². The van der Waals surface area contributed by atoms with Crippen LogP contribution in [0.15, 0.2) is 24.3 Å². The number of likely N-dealkylation sites (N-methyl/N-ethyl adjacent to an activating group) is 1. The lowest BCUT2D eigenvalue weighted by atomic mass is 10.1. The second-order valence-corrected chi connectivity index (χ2v) is 3.90. The zero-order valence-electron chi connectivity index (χ0n) is 9.99. The molecule has 0 fully saturated rings. The average molecular weight is 207 g/mol. The summed E-state index contributed by atoms with van der Waals surface area (Å²) in [6, 6.07) is 8.32. The molecule has 0 aromatic heterocycles. The highest BCUT2D eigenvalue weighted by Gasteiger charge is 1.98. The SMILES string of the molecule is CCCN(C)CCc1ccc(OC)cc1. The molecule has 0 radical (unpaired) electrons. The minimum absolute atomic E-state index is 0.931. The maximum atomic E-state index is 5.12. The first-order valence-electron chi connectivity index (χ1n) is 5.57. The van der Waals surface area contributed by atoms with Crippen LogP contribution in [0.3, 0.4) is 0 Å². The Morgan fingerprint density at radius 3 is 2.33 bits per heavy atom. The highest BCUT2D eigenvalue weighted by Crippen LogP contribution is 2.11. The van der Waals surface area contributed by atoms with E-state index in [2.05, 4.69) is 31.0 Å². The molecule has 0 N–H and O–H groups in total. The van der Waals surface area contributed by atoms with E-state index in [-0.39, 0.29) is 0 Å². The molecule has 0 unspecified atom stereocenters. The summed E-state index contributed by atoms with van der Waals surface area (Å²) in [6.45, 7) is 4.51. The minimum atomic E-state index is 0.931. The number of ether oxygens (including phenoxy) is 1. The minimum Gasteiger partial charge on any atom is -0.497 e. The van der Waals surface area contributed by atoms with Crippen LogP contribution in [0, 0.1) is 0 Å². The lowest BCUT2D eigenvalue weighted by Gasteiger charge is -2.15. The maximum absolute atomic E-state index is 5.12. The average Bonchev–Trinajstić information content (AvgIpc) is 2.27. The van der Waals surface area contributed by atoms with Gasteiger partial charge in [-0.2, -0.15) is 0 Å². The zero-order valence-corrected chi connectivity index (χ0v) is 9.99. The second-order valence-electron chi connectivity index (χ2n) is 3.90. The van der Waals surface area contributed by atoms with Crippen molar-refractivity contribution in [1.82, 2.24) is 4.90 Å². The maximum Gasteiger partial charge on any atom is 0.118 e. The molecule has 0 saturated heterocycles. The molecule has 0 atom stereocenters. The summed E-state index contributed by atoms with van der Waals surface area (Å²) < 4.78 is 5.12. The quantitative estimate of drug-likeness (QED) is 0.711. The molecule has 1 aromatic carbocycles. The molecule has 1 aromatic rings. The van der Waals surface area contributed by atoms with E-state index in [4.69, 9.17) is 4.74 Å². The summed E-state index contributed by atoms with van der Waals surface area (Å²) in [6.07, 6.45) is 2.33. The summed E-state index contributed by atoms with van der Waals surface area (Å²) in [5.74, 6) is 0.931. The van der Waals surface area contributed by atoms with E-state index < -0.39 is 0 Å². The van der Waals surface area contributed by atoms with Crippen molar-refractivity contribution in [2.75, 3.05) is 27.2 Å². The Kier molecular flexibility index (Phi) is 5.19. The Labute approximate surface area is 92.9 Å². The first-order valence-corrected chi connectivity index (χ1v) is 5.57. The van der Waals surface area contributed by atoms with Gasteiger partial charge >= 0.3 is 0 Å². The third kappa shape index (κ3) is 4.34. The molecule has 0 amide bonds. The zero-order chi connectivity index (χ0) is 11.1. The Balaban J connectivity index is 2.37. The van der Waals surface area contributed by atoms with Crippen molar-refractivity contribution < 1.29 is 4.74 Å². The number of methoxy groups -OCH3 is 1. The largest absolute Gasteiger partial charge is 0.497 e. The summed E-state index contributed by atoms with van der Waals surface area (Å²) in [7, 11) is 3.87. The fourth-order valence-corrected chi connectivity index (χ4v) is 1.61. The van der Waals surface area contributed by atoms with Gasteiger partial charge in [0.15, 0.2) is 0 Å². The van der Waals surface area contributed by atoms with Gasteiger partial charge in [0.1, 0.15) is 5.75 Å². The van der Waals surface area contributed by atoms with E-state index in [0.29, 0.717) is 0 Å². The van der Waals surface area contributed by atoms with Crippen molar-refractivity contribution in [1.29, 1.82) is 0 Å². The normalized spacial score (nSPS) is 10.7. The number of nitrogens with zero attached hydrogens (tertiary/aromatic N) is 1. The van der Waals surface area contributed by atoms with Gasteiger partial charge in [0.25, 0.3) is 0 Å². The molecule has 0 aliphatic heterocycles. The Morgan fingerprint density at radius 1 is 1.13 bits per heavy atom. The molecule has 0 bridgehead atoms. The van der Waals surface area contributed by atoms with Crippen molar-refractivity contribution in [2.24, 2.45) is 0 Å². The van der Waals surface area contributed by atoms with Gasteiger partial charge in [-0.1, -0.05) is 19.1 Å². The summed E-state index contributed by atoms with van der Waals surface area (Å²) in [5, 5.41) is 0. The van der Waals surface area contributed by atoms with Gasteiger partial charge in [0, 0.05) is 6.54 Å². The molecule has 15 heavy (non-hydrogen) atoms. The second kappa shape index (κ2) is 6.46. The highest BCUT2D eigenvalue weighted by molar-refractivity contribution is 5.27. The van der Waals surface area contributed by atoms with Crippen LogP contribution in [-0.2, 0) is 6.42 Å². The topological polar surface area (TPSA) is 12.5 Å². The van der Waals surface area contributed by atoms with E-state index >= 15 is 0 Å². The van der Waals surface area contributed by atoms with E-state index in [9.17, 15) is 0 Å². The molecular formula is C13H21NO. The first-order chi connectivity index (χ1) is 7.26. The van der Waals surface area contributed by atoms with E-state index in [1.54, 1.807) is 7.11 Å². The van der Waals surface area contributed by atoms with Crippen LogP contribution >= 0.6 is 0 Å². The summed E-state index contributed by atoms with van der Waals surface area (Å²) >= 11 is 0. The lowest BCUT2D eigenvalue weighted by Crippen LogP contribution is -2.21. The molecule has 2 heteroatoms. The predicted octanol–water partition coefficient (Wildman–Crippen LogP) is 2.58. The molecule has 84 valence electrons. The van der Waals surface area contributed by atoms with Gasteiger partial charge in [-0.15, -0.1) is 0 Å². The molecule has 2 nitrogen and oxygen atoms in total. The van der Waals surface area contributed by atoms with Crippen LogP contribution in [0.4, 0.5) is 0 Å². The molecule has 0 heterocycles. The third-order valence-corrected chi connectivity index (χ3v) is 2.55. The molecule has 0 saturated carbocycles. The Morgan fingerprint density at radius 2 is 1.80 bits per heavy atom. The van der Waals surface area contributed by atoms with E-state index in [0.717, 1.165) is 18.7 Å². The van der Waals surface area contributed by atoms with Crippen LogP contribution in [0.1, 0.15) is 18.9 Å². The van der Waals surface area contributed by atoms with E-state index in [1.165, 1.54) is 18.5 Å². The standard InChI is InChI=1S/C13H21NO/c1-4-10-14(2)11-9-12-5-7-13(15-3)8-6-12/h5-8H,4,9-11H2,1-3H3. The number of hydrogen-bond acceptors (Lipinski definition) is 2. The molecular weight excluding hydrogens is 186 g/mol. The monoisotopic (exact) mass is 207 g/mol. The third-order valence-electron chi connectivity index (χ3n) is 2.55. The van der Waals surface area contributed by atoms with Crippen LogP contribution < -0.4 is 4.74 Å². The van der Waals surface area contributed by atoms with Crippen molar-refractivity contribution in [3.8, 4) is 5.75 Å². The molecule has 0 aliphatic rings. The fourth-order valence-electron chi connectivity index (χ4n) is 1.61. The first kappa shape index (κ1) is 12.1. The Hall–Kier alpha value is -1.02. The van der Waals surface area contributed by atoms with Crippen LogP contribution in [-0.4, -0.2) is 32.1 Å². The highest BCUT2D eigenvalue weighted by atomic mass is 16.5. The van der Waals surface area contributed by atoms with Gasteiger partial charge in [-0.3, -0.25) is 0 Å². The molecule has 0 aliphatic carbocycles. The van der Waals surface area contributed by atoms with Crippen molar-refractivity contribution in [3.05, 3.63) is 29.8 Å². The lowest BCUT2D eigenvalue weighted by molar-refractivity contribution is 0.339. The molecule has 1 rings (SSSR count). The Bertz CT molecular complexity index is 268. The van der Waals surface area contributed by atoms with Crippen molar-refractivity contribution in [3.63, 3.8) is 0 Å². The van der Waals surface area contributed by atoms with Gasteiger partial charge in [-0.25, -0.2) is 0 Å². The van der Waals surface area contributed by atoms with Gasteiger partial charge in [0.2, 0.25) is 0 Å². The number of hydrogen-bond donors (Lipinski definition) is 0.